The average Bonchev–Trinajstić information content (AvgIpc) is 3.15. The minimum Gasteiger partial charge on any atom is -0.347 e. The molecule has 1 fully saturated rings. The van der Waals surface area contributed by atoms with Crippen molar-refractivity contribution in [1.82, 2.24) is 20.2 Å². The number of carbonyl (C=O) groups is 2. The summed E-state index contributed by atoms with van der Waals surface area (Å²) < 4.78 is 24.7. The molecule has 2 aliphatic rings. The number of hydrogen-bond donors (Lipinski definition) is 1. The highest BCUT2D eigenvalue weighted by Crippen LogP contribution is 2.29. The highest BCUT2D eigenvalue weighted by atomic mass is 19.3. The van der Waals surface area contributed by atoms with E-state index in [1.807, 2.05) is 42.3 Å². The maximum absolute atomic E-state index is 12.4. The van der Waals surface area contributed by atoms with Crippen molar-refractivity contribution < 1.29 is 18.4 Å². The Morgan fingerprint density at radius 1 is 1.13 bits per heavy atom. The Labute approximate surface area is 178 Å². The lowest BCUT2D eigenvalue weighted by Crippen LogP contribution is -2.36. The molecule has 0 atom stereocenters. The minimum atomic E-state index is -2.38. The smallest absolute Gasteiger partial charge is 0.270 e. The Hall–Kier alpha value is -3.26. The summed E-state index contributed by atoms with van der Waals surface area (Å²) in [6.45, 7) is 1.57. The van der Waals surface area contributed by atoms with Gasteiger partial charge in [-0.3, -0.25) is 19.6 Å². The molecule has 0 radical (unpaired) electrons. The molecule has 8 heteroatoms. The molecule has 5 rings (SSSR count). The van der Waals surface area contributed by atoms with Crippen LogP contribution in [0.15, 0.2) is 42.7 Å². The van der Waals surface area contributed by atoms with Gasteiger partial charge in [-0.1, -0.05) is 18.2 Å². The van der Waals surface area contributed by atoms with Crippen LogP contribution in [0.5, 0.6) is 0 Å². The normalized spacial score (nSPS) is 17.5. The van der Waals surface area contributed by atoms with Gasteiger partial charge in [0.2, 0.25) is 0 Å². The molecule has 0 spiro atoms. The number of rotatable bonds is 2. The van der Waals surface area contributed by atoms with Gasteiger partial charge in [-0.15, -0.1) is 0 Å². The van der Waals surface area contributed by atoms with Crippen molar-refractivity contribution >= 4 is 23.1 Å². The van der Waals surface area contributed by atoms with E-state index in [-0.39, 0.29) is 18.7 Å². The van der Waals surface area contributed by atoms with Crippen molar-refractivity contribution in [3.05, 3.63) is 59.5 Å². The lowest BCUT2D eigenvalue weighted by Gasteiger charge is -2.28. The number of fused-ring (bicyclic) bond motifs is 2. The van der Waals surface area contributed by atoms with Gasteiger partial charge >= 0.3 is 0 Å². The van der Waals surface area contributed by atoms with E-state index in [2.05, 4.69) is 15.3 Å². The number of alkyl halides is 2. The molecular formula is C23H22F2N4O2. The predicted octanol–water partition coefficient (Wildman–Crippen LogP) is 3.70. The van der Waals surface area contributed by atoms with E-state index in [0.717, 1.165) is 33.9 Å². The number of aldehydes is 1. The largest absolute Gasteiger partial charge is 0.347 e. The van der Waals surface area contributed by atoms with E-state index in [4.69, 9.17) is 0 Å². The standard InChI is InChI=1S/C17H11N3O2.C6H11F2N/c21-9-10-4-11-2-1-3-14(15(11)18-6-10)12-5-13-8-20-17(22)16(13)19-7-12;1-9-4-2-6(7,8)3-5-9/h1-7,9H,8H2,(H,20,22);2-5H2,1H3. The number of nitrogens with zero attached hydrogens (tertiary/aromatic N) is 3. The number of aromatic nitrogens is 2. The fourth-order valence-corrected chi connectivity index (χ4v) is 3.68. The zero-order valence-corrected chi connectivity index (χ0v) is 17.1. The van der Waals surface area contributed by atoms with Crippen molar-refractivity contribution in [2.75, 3.05) is 20.1 Å². The van der Waals surface area contributed by atoms with Crippen LogP contribution >= 0.6 is 0 Å². The summed E-state index contributed by atoms with van der Waals surface area (Å²) in [6.07, 6.45) is 4.10. The number of benzene rings is 1. The van der Waals surface area contributed by atoms with E-state index in [1.54, 1.807) is 12.4 Å². The Kier molecular flexibility index (Phi) is 5.73. The van der Waals surface area contributed by atoms with Crippen LogP contribution in [-0.4, -0.2) is 53.1 Å². The maximum atomic E-state index is 12.4. The van der Waals surface area contributed by atoms with Gasteiger partial charge in [0.05, 0.1) is 5.52 Å². The Bertz CT molecular complexity index is 1140. The van der Waals surface area contributed by atoms with Crippen LogP contribution in [0.3, 0.4) is 0 Å². The monoisotopic (exact) mass is 424 g/mol. The minimum absolute atomic E-state index is 0.0312. The fraction of sp³-hybridized carbons (Fsp3) is 0.304. The van der Waals surface area contributed by atoms with Crippen molar-refractivity contribution in [3.63, 3.8) is 0 Å². The number of nitrogens with one attached hydrogen (secondary N) is 1. The van der Waals surface area contributed by atoms with Gasteiger partial charge in [0, 0.05) is 72.5 Å². The van der Waals surface area contributed by atoms with E-state index >= 15 is 0 Å². The summed E-state index contributed by atoms with van der Waals surface area (Å²) in [5, 5.41) is 3.66. The molecule has 0 aliphatic carbocycles. The van der Waals surface area contributed by atoms with Gasteiger partial charge in [-0.25, -0.2) is 8.78 Å². The SMILES string of the molecule is CN1CCC(F)(F)CC1.O=Cc1cnc2c(-c3cnc4c(c3)CNC4=O)cccc2c1. The lowest BCUT2D eigenvalue weighted by atomic mass is 10.0. The molecule has 2 aliphatic heterocycles. The highest BCUT2D eigenvalue weighted by Gasteiger charge is 2.32. The van der Waals surface area contributed by atoms with Crippen LogP contribution in [0.4, 0.5) is 8.78 Å². The zero-order valence-electron chi connectivity index (χ0n) is 17.1. The molecule has 0 unspecified atom stereocenters. The van der Waals surface area contributed by atoms with Gasteiger partial charge in [-0.2, -0.15) is 0 Å². The molecule has 1 aromatic carbocycles. The number of likely N-dealkylation sites (tertiary alicyclic amines) is 1. The molecule has 0 bridgehead atoms. The van der Waals surface area contributed by atoms with Crippen LogP contribution in [0, 0.1) is 0 Å². The molecular weight excluding hydrogens is 402 g/mol. The third-order valence-electron chi connectivity index (χ3n) is 5.52. The molecule has 0 saturated carbocycles. The highest BCUT2D eigenvalue weighted by molar-refractivity contribution is 5.99. The number of hydrogen-bond acceptors (Lipinski definition) is 5. The number of carbonyl (C=O) groups excluding carboxylic acids is 2. The molecule has 1 N–H and O–H groups in total. The van der Waals surface area contributed by atoms with E-state index < -0.39 is 5.92 Å². The Morgan fingerprint density at radius 3 is 2.61 bits per heavy atom. The first kappa shape index (κ1) is 21.0. The molecule has 1 saturated heterocycles. The van der Waals surface area contributed by atoms with Gasteiger partial charge in [0.15, 0.2) is 6.29 Å². The van der Waals surface area contributed by atoms with Crippen molar-refractivity contribution in [1.29, 1.82) is 0 Å². The molecule has 2 aromatic heterocycles. The van der Waals surface area contributed by atoms with Crippen LogP contribution in [0.2, 0.25) is 0 Å². The number of amides is 1. The molecule has 4 heterocycles. The quantitative estimate of drug-likeness (QED) is 0.635. The van der Waals surface area contributed by atoms with Crippen LogP contribution < -0.4 is 5.32 Å². The molecule has 31 heavy (non-hydrogen) atoms. The number of halogens is 2. The van der Waals surface area contributed by atoms with Crippen molar-refractivity contribution in [3.8, 4) is 11.1 Å². The van der Waals surface area contributed by atoms with Crippen LogP contribution in [0.1, 0.15) is 39.3 Å². The Balaban J connectivity index is 0.000000217. The van der Waals surface area contributed by atoms with Gasteiger partial charge in [0.1, 0.15) is 5.69 Å². The van der Waals surface area contributed by atoms with Crippen LogP contribution in [0.25, 0.3) is 22.0 Å². The van der Waals surface area contributed by atoms with Gasteiger partial charge in [-0.05, 0) is 19.2 Å². The number of piperidine rings is 1. The summed E-state index contributed by atoms with van der Waals surface area (Å²) in [4.78, 5) is 33.0. The van der Waals surface area contributed by atoms with E-state index in [0.29, 0.717) is 30.9 Å². The predicted molar refractivity (Wildman–Crippen MR) is 113 cm³/mol. The summed E-state index contributed by atoms with van der Waals surface area (Å²) in [5.41, 5.74) is 4.58. The van der Waals surface area contributed by atoms with Gasteiger partial charge in [0.25, 0.3) is 11.8 Å². The molecule has 6 nitrogen and oxygen atoms in total. The third-order valence-corrected chi connectivity index (χ3v) is 5.52. The first-order valence-electron chi connectivity index (χ1n) is 10.0. The summed E-state index contributed by atoms with van der Waals surface area (Å²) >= 11 is 0. The maximum Gasteiger partial charge on any atom is 0.270 e. The van der Waals surface area contributed by atoms with E-state index in [9.17, 15) is 18.4 Å². The lowest BCUT2D eigenvalue weighted by molar-refractivity contribution is -0.0504. The zero-order chi connectivity index (χ0) is 22.0. The second kappa shape index (κ2) is 8.47. The first-order valence-corrected chi connectivity index (χ1v) is 10.0. The Morgan fingerprint density at radius 2 is 1.90 bits per heavy atom. The second-order valence-electron chi connectivity index (χ2n) is 7.84. The van der Waals surface area contributed by atoms with Gasteiger partial charge < -0.3 is 10.2 Å². The first-order chi connectivity index (χ1) is 14.9. The van der Waals surface area contributed by atoms with E-state index in [1.165, 1.54) is 0 Å². The number of pyridine rings is 2. The summed E-state index contributed by atoms with van der Waals surface area (Å²) in [7, 11) is 1.87. The van der Waals surface area contributed by atoms with Crippen molar-refractivity contribution in [2.24, 2.45) is 0 Å². The molecule has 3 aromatic rings. The summed E-state index contributed by atoms with van der Waals surface area (Å²) in [5.74, 6) is -2.51. The average molecular weight is 424 g/mol. The topological polar surface area (TPSA) is 75.2 Å². The van der Waals surface area contributed by atoms with Crippen molar-refractivity contribution in [2.45, 2.75) is 25.3 Å². The number of para-hydroxylation sites is 1. The van der Waals surface area contributed by atoms with Crippen LogP contribution in [-0.2, 0) is 6.54 Å². The third kappa shape index (κ3) is 4.59. The second-order valence-corrected chi connectivity index (χ2v) is 7.84. The molecule has 1 amide bonds. The summed E-state index contributed by atoms with van der Waals surface area (Å²) in [6, 6.07) is 9.58. The fourth-order valence-electron chi connectivity index (χ4n) is 3.68. The molecule has 160 valence electrons.